The van der Waals surface area contributed by atoms with Crippen molar-refractivity contribution in [1.29, 1.82) is 0 Å². The molecule has 2 heterocycles. The normalized spacial score (nSPS) is 10.7. The summed E-state index contributed by atoms with van der Waals surface area (Å²) in [7, 11) is 0. The second kappa shape index (κ2) is 4.53. The van der Waals surface area contributed by atoms with Gasteiger partial charge in [0, 0.05) is 6.07 Å². The van der Waals surface area contributed by atoms with Crippen LogP contribution in [0, 0.1) is 5.82 Å². The average Bonchev–Trinajstić information content (AvgIpc) is 2.88. The number of benzene rings is 1. The maximum atomic E-state index is 13.0. The zero-order valence-corrected chi connectivity index (χ0v) is 9.76. The highest BCUT2D eigenvalue weighted by molar-refractivity contribution is 5.90. The first-order valence-electron chi connectivity index (χ1n) is 5.39. The molecule has 1 aromatic carbocycles. The third kappa shape index (κ3) is 2.11. The Balaban J connectivity index is 1.99. The summed E-state index contributed by atoms with van der Waals surface area (Å²) >= 11 is 0. The molecule has 3 aromatic rings. The van der Waals surface area contributed by atoms with E-state index in [1.165, 1.54) is 12.1 Å². The van der Waals surface area contributed by atoms with E-state index in [0.29, 0.717) is 5.65 Å². The zero-order chi connectivity index (χ0) is 14.1. The quantitative estimate of drug-likeness (QED) is 0.764. The van der Waals surface area contributed by atoms with Gasteiger partial charge in [0.1, 0.15) is 17.1 Å². The number of aromatic nitrogens is 5. The lowest BCUT2D eigenvalue weighted by Crippen LogP contribution is -2.03. The molecular weight excluding hydrogens is 269 g/mol. The number of hydrogen-bond acceptors (Lipinski definition) is 6. The van der Waals surface area contributed by atoms with Gasteiger partial charge in [-0.05, 0) is 34.7 Å². The molecule has 0 bridgehead atoms. The fourth-order valence-corrected chi connectivity index (χ4v) is 1.56. The number of ether oxygens (including phenoxy) is 1. The molecule has 100 valence electrons. The molecule has 0 aliphatic heterocycles. The lowest BCUT2D eigenvalue weighted by Gasteiger charge is -2.07. The summed E-state index contributed by atoms with van der Waals surface area (Å²) in [5.41, 5.74) is 0.110. The van der Waals surface area contributed by atoms with Crippen LogP contribution in [0.25, 0.3) is 5.65 Å². The minimum absolute atomic E-state index is 0.0289. The fourth-order valence-electron chi connectivity index (χ4n) is 1.56. The number of fused-ring (bicyclic) bond motifs is 1. The summed E-state index contributed by atoms with van der Waals surface area (Å²) in [5, 5.41) is 23.6. The Morgan fingerprint density at radius 3 is 2.95 bits per heavy atom. The predicted octanol–water partition coefficient (Wildman–Crippen LogP) is 1.15. The van der Waals surface area contributed by atoms with Crippen molar-refractivity contribution in [3.05, 3.63) is 41.7 Å². The van der Waals surface area contributed by atoms with Crippen LogP contribution in [-0.2, 0) is 0 Å². The minimum atomic E-state index is -1.30. The Morgan fingerprint density at radius 1 is 1.30 bits per heavy atom. The number of hydrogen-bond donors (Lipinski definition) is 1. The number of carbonyl (C=O) groups is 1. The van der Waals surface area contributed by atoms with Crippen LogP contribution in [0.4, 0.5) is 4.39 Å². The molecule has 0 unspecified atom stereocenters. The smallest absolute Gasteiger partial charge is 0.339 e. The monoisotopic (exact) mass is 275 g/mol. The molecule has 20 heavy (non-hydrogen) atoms. The standard InChI is InChI=1S/C11H6FN5O3/c12-6-1-2-8(7(5-6)11(18)19)20-10-4-3-9-13-15-16-17(9)14-10/h1-5H,(H,18,19). The van der Waals surface area contributed by atoms with E-state index in [0.717, 1.165) is 16.8 Å². The molecule has 9 heteroatoms. The first-order valence-corrected chi connectivity index (χ1v) is 5.39. The molecule has 2 aromatic heterocycles. The van der Waals surface area contributed by atoms with E-state index in [-0.39, 0.29) is 17.2 Å². The summed E-state index contributed by atoms with van der Waals surface area (Å²) in [6.45, 7) is 0. The van der Waals surface area contributed by atoms with Crippen molar-refractivity contribution < 1.29 is 19.0 Å². The van der Waals surface area contributed by atoms with Crippen LogP contribution in [0.15, 0.2) is 30.3 Å². The number of tetrazole rings is 1. The van der Waals surface area contributed by atoms with Gasteiger partial charge in [0.25, 0.3) is 0 Å². The molecule has 0 atom stereocenters. The largest absolute Gasteiger partial charge is 0.478 e. The summed E-state index contributed by atoms with van der Waals surface area (Å²) in [5.74, 6) is -1.92. The van der Waals surface area contributed by atoms with Crippen LogP contribution < -0.4 is 4.74 Å². The lowest BCUT2D eigenvalue weighted by molar-refractivity contribution is 0.0693. The van der Waals surface area contributed by atoms with Crippen molar-refractivity contribution in [3.63, 3.8) is 0 Å². The van der Waals surface area contributed by atoms with Crippen molar-refractivity contribution >= 4 is 11.6 Å². The molecule has 0 aliphatic carbocycles. The minimum Gasteiger partial charge on any atom is -0.478 e. The van der Waals surface area contributed by atoms with Crippen LogP contribution in [0.2, 0.25) is 0 Å². The molecular formula is C11H6FN5O3. The number of aromatic carboxylic acids is 1. The Labute approximate surface area is 110 Å². The van der Waals surface area contributed by atoms with Gasteiger partial charge in [-0.1, -0.05) is 0 Å². The van der Waals surface area contributed by atoms with E-state index in [2.05, 4.69) is 20.6 Å². The summed E-state index contributed by atoms with van der Waals surface area (Å²) < 4.78 is 19.5. The van der Waals surface area contributed by atoms with Gasteiger partial charge in [-0.2, -0.15) is 0 Å². The van der Waals surface area contributed by atoms with Crippen molar-refractivity contribution in [2.45, 2.75) is 0 Å². The molecule has 0 fully saturated rings. The second-order valence-electron chi connectivity index (χ2n) is 3.75. The lowest BCUT2D eigenvalue weighted by atomic mass is 10.2. The maximum absolute atomic E-state index is 13.0. The zero-order valence-electron chi connectivity index (χ0n) is 9.76. The molecule has 0 aliphatic rings. The number of carboxylic acids is 1. The van der Waals surface area contributed by atoms with Crippen LogP contribution >= 0.6 is 0 Å². The molecule has 1 N–H and O–H groups in total. The topological polar surface area (TPSA) is 102 Å². The van der Waals surface area contributed by atoms with Gasteiger partial charge in [0.15, 0.2) is 5.65 Å². The van der Waals surface area contributed by atoms with Crippen LogP contribution in [0.1, 0.15) is 10.4 Å². The highest BCUT2D eigenvalue weighted by Gasteiger charge is 2.14. The maximum Gasteiger partial charge on any atom is 0.339 e. The van der Waals surface area contributed by atoms with E-state index >= 15 is 0 Å². The van der Waals surface area contributed by atoms with Crippen LogP contribution in [0.5, 0.6) is 11.6 Å². The number of halogens is 1. The number of carboxylic acid groups (broad SMARTS) is 1. The van der Waals surface area contributed by atoms with Gasteiger partial charge in [-0.25, -0.2) is 9.18 Å². The molecule has 0 radical (unpaired) electrons. The van der Waals surface area contributed by atoms with Crippen molar-refractivity contribution in [2.24, 2.45) is 0 Å². The van der Waals surface area contributed by atoms with Crippen LogP contribution in [0.3, 0.4) is 0 Å². The second-order valence-corrected chi connectivity index (χ2v) is 3.75. The van der Waals surface area contributed by atoms with E-state index in [1.807, 2.05) is 0 Å². The van der Waals surface area contributed by atoms with Gasteiger partial charge < -0.3 is 9.84 Å². The van der Waals surface area contributed by atoms with Crippen molar-refractivity contribution in [1.82, 2.24) is 25.3 Å². The molecule has 0 amide bonds. The molecule has 0 saturated carbocycles. The first-order chi connectivity index (χ1) is 9.63. The van der Waals surface area contributed by atoms with Crippen molar-refractivity contribution in [2.75, 3.05) is 0 Å². The predicted molar refractivity (Wildman–Crippen MR) is 62.0 cm³/mol. The van der Waals surface area contributed by atoms with E-state index in [9.17, 15) is 9.18 Å². The van der Waals surface area contributed by atoms with Crippen LogP contribution in [-0.4, -0.2) is 36.3 Å². The van der Waals surface area contributed by atoms with Gasteiger partial charge in [0.2, 0.25) is 5.88 Å². The molecule has 8 nitrogen and oxygen atoms in total. The summed E-state index contributed by atoms with van der Waals surface area (Å²) in [6, 6.07) is 6.20. The van der Waals surface area contributed by atoms with E-state index in [4.69, 9.17) is 9.84 Å². The highest BCUT2D eigenvalue weighted by Crippen LogP contribution is 2.24. The van der Waals surface area contributed by atoms with Gasteiger partial charge in [-0.3, -0.25) is 0 Å². The van der Waals surface area contributed by atoms with Gasteiger partial charge >= 0.3 is 5.97 Å². The van der Waals surface area contributed by atoms with E-state index in [1.54, 1.807) is 6.07 Å². The first kappa shape index (κ1) is 12.0. The van der Waals surface area contributed by atoms with Crippen molar-refractivity contribution in [3.8, 4) is 11.6 Å². The SMILES string of the molecule is O=C(O)c1cc(F)ccc1Oc1ccc2nnnn2n1. The Kier molecular flexibility index (Phi) is 2.71. The van der Waals surface area contributed by atoms with Gasteiger partial charge in [-0.15, -0.1) is 14.8 Å². The Bertz CT molecular complexity index is 804. The molecule has 3 rings (SSSR count). The third-order valence-electron chi connectivity index (χ3n) is 2.43. The van der Waals surface area contributed by atoms with Gasteiger partial charge in [0.05, 0.1) is 0 Å². The molecule has 0 saturated heterocycles. The highest BCUT2D eigenvalue weighted by atomic mass is 19.1. The Morgan fingerprint density at radius 2 is 2.15 bits per heavy atom. The molecule has 0 spiro atoms. The number of rotatable bonds is 3. The average molecular weight is 275 g/mol. The summed E-state index contributed by atoms with van der Waals surface area (Å²) in [6.07, 6.45) is 0. The van der Waals surface area contributed by atoms with E-state index < -0.39 is 11.8 Å². The third-order valence-corrected chi connectivity index (χ3v) is 2.43. The fraction of sp³-hybridized carbons (Fsp3) is 0. The number of nitrogens with zero attached hydrogens (tertiary/aromatic N) is 5. The Hall–Kier alpha value is -3.10. The summed E-state index contributed by atoms with van der Waals surface area (Å²) in [4.78, 5) is 11.0.